The molecule has 2 fully saturated rings. The molecule has 114 valence electrons. The lowest BCUT2D eigenvalue weighted by molar-refractivity contribution is -0.132. The van der Waals surface area contributed by atoms with Gasteiger partial charge in [-0.25, -0.2) is 0 Å². The Morgan fingerprint density at radius 1 is 1.24 bits per heavy atom. The molecule has 0 bridgehead atoms. The first-order valence-corrected chi connectivity index (χ1v) is 8.23. The fourth-order valence-corrected chi connectivity index (χ4v) is 3.62. The first-order valence-electron chi connectivity index (χ1n) is 8.23. The van der Waals surface area contributed by atoms with Crippen molar-refractivity contribution in [1.82, 2.24) is 15.2 Å². The van der Waals surface area contributed by atoms with Crippen molar-refractivity contribution < 1.29 is 4.79 Å². The van der Waals surface area contributed by atoms with E-state index in [0.717, 1.165) is 25.4 Å². The molecule has 0 saturated carbocycles. The van der Waals surface area contributed by atoms with Crippen molar-refractivity contribution in [3.05, 3.63) is 30.1 Å². The molecule has 4 heteroatoms. The molecule has 1 aromatic rings. The Bertz CT molecular complexity index is 448. The average Bonchev–Trinajstić information content (AvgIpc) is 3.08. The summed E-state index contributed by atoms with van der Waals surface area (Å²) < 4.78 is 0. The van der Waals surface area contributed by atoms with Gasteiger partial charge in [0.05, 0.1) is 0 Å². The highest BCUT2D eigenvalue weighted by Crippen LogP contribution is 2.25. The number of hydrogen-bond acceptors (Lipinski definition) is 3. The fourth-order valence-electron chi connectivity index (χ4n) is 3.62. The maximum Gasteiger partial charge on any atom is 0.222 e. The van der Waals surface area contributed by atoms with Crippen LogP contribution in [0.4, 0.5) is 0 Å². The number of nitrogens with one attached hydrogen (secondary N) is 1. The SMILES string of the molecule is O=C(CCc1ccncc1)N1CCC(C2CCCN2)CC1. The number of hydrogen-bond donors (Lipinski definition) is 1. The van der Waals surface area contributed by atoms with Crippen LogP contribution >= 0.6 is 0 Å². The molecule has 2 saturated heterocycles. The van der Waals surface area contributed by atoms with Crippen molar-refractivity contribution in [3.8, 4) is 0 Å². The van der Waals surface area contributed by atoms with E-state index < -0.39 is 0 Å². The van der Waals surface area contributed by atoms with Gasteiger partial charge in [0.1, 0.15) is 0 Å². The van der Waals surface area contributed by atoms with Gasteiger partial charge < -0.3 is 10.2 Å². The van der Waals surface area contributed by atoms with Gasteiger partial charge in [-0.15, -0.1) is 0 Å². The van der Waals surface area contributed by atoms with Crippen LogP contribution in [0.3, 0.4) is 0 Å². The molecule has 4 nitrogen and oxygen atoms in total. The number of aromatic nitrogens is 1. The molecule has 3 heterocycles. The summed E-state index contributed by atoms with van der Waals surface area (Å²) in [7, 11) is 0. The van der Waals surface area contributed by atoms with Crippen molar-refractivity contribution in [2.24, 2.45) is 5.92 Å². The molecule has 3 rings (SSSR count). The molecular weight excluding hydrogens is 262 g/mol. The van der Waals surface area contributed by atoms with Gasteiger partial charge in [0.2, 0.25) is 5.91 Å². The maximum atomic E-state index is 12.3. The predicted molar refractivity (Wildman–Crippen MR) is 82.9 cm³/mol. The Labute approximate surface area is 126 Å². The van der Waals surface area contributed by atoms with E-state index in [0.29, 0.717) is 18.4 Å². The van der Waals surface area contributed by atoms with Crippen molar-refractivity contribution in [2.45, 2.75) is 44.6 Å². The van der Waals surface area contributed by atoms with E-state index in [1.807, 2.05) is 12.1 Å². The zero-order valence-electron chi connectivity index (χ0n) is 12.6. The highest BCUT2D eigenvalue weighted by molar-refractivity contribution is 5.76. The summed E-state index contributed by atoms with van der Waals surface area (Å²) in [6.07, 6.45) is 10.00. The number of likely N-dealkylation sites (tertiary alicyclic amines) is 1. The minimum absolute atomic E-state index is 0.310. The lowest BCUT2D eigenvalue weighted by Gasteiger charge is -2.35. The number of carbonyl (C=O) groups excluding carboxylic acids is 1. The Morgan fingerprint density at radius 3 is 2.67 bits per heavy atom. The highest BCUT2D eigenvalue weighted by atomic mass is 16.2. The van der Waals surface area contributed by atoms with E-state index in [-0.39, 0.29) is 0 Å². The topological polar surface area (TPSA) is 45.2 Å². The third kappa shape index (κ3) is 3.82. The van der Waals surface area contributed by atoms with Crippen molar-refractivity contribution >= 4 is 5.91 Å². The number of amides is 1. The Balaban J connectivity index is 1.42. The quantitative estimate of drug-likeness (QED) is 0.921. The summed E-state index contributed by atoms with van der Waals surface area (Å²) in [5, 5.41) is 3.61. The number of aryl methyl sites for hydroxylation is 1. The fraction of sp³-hybridized carbons (Fsp3) is 0.647. The molecule has 2 aliphatic heterocycles. The molecule has 1 unspecified atom stereocenters. The molecule has 0 spiro atoms. The molecule has 2 aliphatic rings. The van der Waals surface area contributed by atoms with Crippen LogP contribution in [0.25, 0.3) is 0 Å². The van der Waals surface area contributed by atoms with Gasteiger partial charge in [-0.1, -0.05) is 0 Å². The van der Waals surface area contributed by atoms with Crippen LogP contribution in [0.2, 0.25) is 0 Å². The number of pyridine rings is 1. The van der Waals surface area contributed by atoms with Crippen LogP contribution in [0.15, 0.2) is 24.5 Å². The van der Waals surface area contributed by atoms with Gasteiger partial charge in [-0.2, -0.15) is 0 Å². The molecule has 1 atom stereocenters. The molecular formula is C17H25N3O. The van der Waals surface area contributed by atoms with E-state index in [1.165, 1.54) is 37.8 Å². The smallest absolute Gasteiger partial charge is 0.222 e. The van der Waals surface area contributed by atoms with Crippen molar-refractivity contribution in [3.63, 3.8) is 0 Å². The van der Waals surface area contributed by atoms with E-state index in [2.05, 4.69) is 15.2 Å². The lowest BCUT2D eigenvalue weighted by atomic mass is 9.88. The molecule has 0 aromatic carbocycles. The third-order valence-electron chi connectivity index (χ3n) is 4.94. The summed E-state index contributed by atoms with van der Waals surface area (Å²) in [5.41, 5.74) is 1.20. The van der Waals surface area contributed by atoms with Gasteiger partial charge >= 0.3 is 0 Å². The van der Waals surface area contributed by atoms with Crippen LogP contribution in [0.1, 0.15) is 37.7 Å². The Hall–Kier alpha value is -1.42. The van der Waals surface area contributed by atoms with Gasteiger partial charge in [-0.3, -0.25) is 9.78 Å². The largest absolute Gasteiger partial charge is 0.343 e. The summed E-state index contributed by atoms with van der Waals surface area (Å²) in [4.78, 5) is 18.4. The molecule has 0 aliphatic carbocycles. The maximum absolute atomic E-state index is 12.3. The number of carbonyl (C=O) groups is 1. The lowest BCUT2D eigenvalue weighted by Crippen LogP contribution is -2.43. The van der Waals surface area contributed by atoms with Crippen LogP contribution in [-0.2, 0) is 11.2 Å². The second-order valence-electron chi connectivity index (χ2n) is 6.28. The molecule has 1 amide bonds. The Kier molecular flexibility index (Phi) is 4.86. The normalized spacial score (nSPS) is 23.4. The third-order valence-corrected chi connectivity index (χ3v) is 4.94. The zero-order chi connectivity index (χ0) is 14.5. The first-order chi connectivity index (χ1) is 10.3. The summed E-state index contributed by atoms with van der Waals surface area (Å²) >= 11 is 0. The van der Waals surface area contributed by atoms with E-state index >= 15 is 0 Å². The zero-order valence-corrected chi connectivity index (χ0v) is 12.6. The second kappa shape index (κ2) is 7.03. The van der Waals surface area contributed by atoms with Crippen LogP contribution < -0.4 is 5.32 Å². The summed E-state index contributed by atoms with van der Waals surface area (Å²) in [6, 6.07) is 4.69. The summed E-state index contributed by atoms with van der Waals surface area (Å²) in [6.45, 7) is 3.06. The minimum atomic E-state index is 0.310. The van der Waals surface area contributed by atoms with Gasteiger partial charge in [-0.05, 0) is 62.3 Å². The average molecular weight is 287 g/mol. The molecule has 1 N–H and O–H groups in total. The van der Waals surface area contributed by atoms with Gasteiger partial charge in [0, 0.05) is 37.9 Å². The van der Waals surface area contributed by atoms with Crippen molar-refractivity contribution in [2.75, 3.05) is 19.6 Å². The second-order valence-corrected chi connectivity index (χ2v) is 6.28. The van der Waals surface area contributed by atoms with Crippen molar-refractivity contribution in [1.29, 1.82) is 0 Å². The van der Waals surface area contributed by atoms with Crippen LogP contribution in [0.5, 0.6) is 0 Å². The van der Waals surface area contributed by atoms with Crippen LogP contribution in [0, 0.1) is 5.92 Å². The number of nitrogens with zero attached hydrogens (tertiary/aromatic N) is 2. The molecule has 0 radical (unpaired) electrons. The Morgan fingerprint density at radius 2 is 2.00 bits per heavy atom. The molecule has 21 heavy (non-hydrogen) atoms. The number of piperidine rings is 1. The standard InChI is InChI=1S/C17H25N3O/c21-17(4-3-14-5-10-18-11-6-14)20-12-7-15(8-13-20)16-2-1-9-19-16/h5-6,10-11,15-16,19H,1-4,7-9,12-13H2. The van der Waals surface area contributed by atoms with E-state index in [1.54, 1.807) is 12.4 Å². The number of rotatable bonds is 4. The predicted octanol–water partition coefficient (Wildman–Crippen LogP) is 2.00. The van der Waals surface area contributed by atoms with Gasteiger partial charge in [0.25, 0.3) is 0 Å². The van der Waals surface area contributed by atoms with Crippen LogP contribution in [-0.4, -0.2) is 41.5 Å². The van der Waals surface area contributed by atoms with Gasteiger partial charge in [0.15, 0.2) is 0 Å². The first kappa shape index (κ1) is 14.5. The minimum Gasteiger partial charge on any atom is -0.343 e. The monoisotopic (exact) mass is 287 g/mol. The summed E-state index contributed by atoms with van der Waals surface area (Å²) in [5.74, 6) is 1.08. The van der Waals surface area contributed by atoms with E-state index in [9.17, 15) is 4.79 Å². The molecule has 1 aromatic heterocycles. The highest BCUT2D eigenvalue weighted by Gasteiger charge is 2.29. The van der Waals surface area contributed by atoms with E-state index in [4.69, 9.17) is 0 Å².